The van der Waals surface area contributed by atoms with Crippen LogP contribution in [0.15, 0.2) is 42.5 Å². The number of carbonyl (C=O) groups excluding carboxylic acids is 1. The second-order valence-electron chi connectivity index (χ2n) is 4.86. The van der Waals surface area contributed by atoms with Gasteiger partial charge < -0.3 is 10.6 Å². The summed E-state index contributed by atoms with van der Waals surface area (Å²) in [7, 11) is 1.65. The maximum atomic E-state index is 13.5. The van der Waals surface area contributed by atoms with E-state index in [1.807, 2.05) is 25.1 Å². The molecule has 0 spiro atoms. The molecule has 0 aliphatic heterocycles. The number of anilines is 1. The van der Waals surface area contributed by atoms with Crippen LogP contribution in [0, 0.1) is 5.82 Å². The molecule has 5 heteroatoms. The van der Waals surface area contributed by atoms with Crippen LogP contribution < -0.4 is 5.73 Å². The molecule has 21 heavy (non-hydrogen) atoms. The molecule has 0 radical (unpaired) electrons. The lowest BCUT2D eigenvalue weighted by Crippen LogP contribution is -2.30. The molecule has 0 saturated heterocycles. The molecule has 0 aliphatic carbocycles. The van der Waals surface area contributed by atoms with Gasteiger partial charge in [0.15, 0.2) is 0 Å². The number of hydrogen-bond donors (Lipinski definition) is 1. The number of hydrogen-bond acceptors (Lipinski definition) is 2. The largest absolute Gasteiger partial charge is 0.399 e. The monoisotopic (exact) mass is 306 g/mol. The van der Waals surface area contributed by atoms with Crippen molar-refractivity contribution in [2.75, 3.05) is 12.8 Å². The molecule has 0 heterocycles. The number of nitrogens with two attached hydrogens (primary N) is 1. The van der Waals surface area contributed by atoms with Crippen molar-refractivity contribution >= 4 is 23.2 Å². The normalized spacial score (nSPS) is 12.0. The summed E-state index contributed by atoms with van der Waals surface area (Å²) < 4.78 is 13.5. The van der Waals surface area contributed by atoms with Crippen LogP contribution in [0.25, 0.3) is 0 Å². The van der Waals surface area contributed by atoms with Crippen molar-refractivity contribution in [3.63, 3.8) is 0 Å². The van der Waals surface area contributed by atoms with Gasteiger partial charge in [-0.3, -0.25) is 4.79 Å². The van der Waals surface area contributed by atoms with Crippen molar-refractivity contribution in [3.8, 4) is 0 Å². The first kappa shape index (κ1) is 15.3. The number of halogens is 2. The Kier molecular flexibility index (Phi) is 4.48. The fraction of sp³-hybridized carbons (Fsp3) is 0.188. The van der Waals surface area contributed by atoms with Crippen molar-refractivity contribution in [2.24, 2.45) is 0 Å². The lowest BCUT2D eigenvalue weighted by Gasteiger charge is -2.26. The third-order valence-corrected chi connectivity index (χ3v) is 3.86. The van der Waals surface area contributed by atoms with Gasteiger partial charge in [0.05, 0.1) is 16.6 Å². The van der Waals surface area contributed by atoms with E-state index >= 15 is 0 Å². The van der Waals surface area contributed by atoms with E-state index in [0.717, 1.165) is 5.56 Å². The zero-order valence-electron chi connectivity index (χ0n) is 11.8. The standard InChI is InChI=1S/C16H16ClFN2O/c1-10(11-5-3-6-12(19)9-11)20(2)16(21)13-7-4-8-14(18)15(13)17/h3-10H,19H2,1-2H3. The highest BCUT2D eigenvalue weighted by Crippen LogP contribution is 2.26. The number of nitrogens with zero attached hydrogens (tertiary/aromatic N) is 1. The molecule has 0 fully saturated rings. The van der Waals surface area contributed by atoms with Gasteiger partial charge in [0.25, 0.3) is 5.91 Å². The van der Waals surface area contributed by atoms with Crippen LogP contribution in [0.4, 0.5) is 10.1 Å². The van der Waals surface area contributed by atoms with Crippen LogP contribution in [0.5, 0.6) is 0 Å². The van der Waals surface area contributed by atoms with Gasteiger partial charge in [0, 0.05) is 12.7 Å². The summed E-state index contributed by atoms with van der Waals surface area (Å²) in [6, 6.07) is 11.3. The highest BCUT2D eigenvalue weighted by atomic mass is 35.5. The molecule has 2 aromatic rings. The van der Waals surface area contributed by atoms with Gasteiger partial charge in [-0.2, -0.15) is 0 Å². The predicted octanol–water partition coefficient (Wildman–Crippen LogP) is 3.89. The Hall–Kier alpha value is -2.07. The molecule has 0 bridgehead atoms. The van der Waals surface area contributed by atoms with E-state index in [9.17, 15) is 9.18 Å². The van der Waals surface area contributed by atoms with Gasteiger partial charge in [0.2, 0.25) is 0 Å². The average molecular weight is 307 g/mol. The lowest BCUT2D eigenvalue weighted by molar-refractivity contribution is 0.0742. The SMILES string of the molecule is CC(c1cccc(N)c1)N(C)C(=O)c1cccc(F)c1Cl. The van der Waals surface area contributed by atoms with Crippen molar-refractivity contribution in [2.45, 2.75) is 13.0 Å². The maximum absolute atomic E-state index is 13.5. The van der Waals surface area contributed by atoms with E-state index in [-0.39, 0.29) is 22.5 Å². The van der Waals surface area contributed by atoms with E-state index in [2.05, 4.69) is 0 Å². The summed E-state index contributed by atoms with van der Waals surface area (Å²) in [6.45, 7) is 1.87. The fourth-order valence-electron chi connectivity index (χ4n) is 2.08. The molecular weight excluding hydrogens is 291 g/mol. The van der Waals surface area contributed by atoms with Gasteiger partial charge >= 0.3 is 0 Å². The molecule has 1 amide bonds. The minimum absolute atomic E-state index is 0.148. The van der Waals surface area contributed by atoms with Crippen LogP contribution in [-0.4, -0.2) is 17.9 Å². The van der Waals surface area contributed by atoms with Crippen molar-refractivity contribution in [1.29, 1.82) is 0 Å². The van der Waals surface area contributed by atoms with Crippen LogP contribution in [0.3, 0.4) is 0 Å². The van der Waals surface area contributed by atoms with Crippen molar-refractivity contribution < 1.29 is 9.18 Å². The van der Waals surface area contributed by atoms with Crippen molar-refractivity contribution in [3.05, 3.63) is 64.4 Å². The second-order valence-corrected chi connectivity index (χ2v) is 5.24. The second kappa shape index (κ2) is 6.14. The minimum Gasteiger partial charge on any atom is -0.399 e. The number of amides is 1. The summed E-state index contributed by atoms with van der Waals surface area (Å²) in [5.74, 6) is -0.943. The molecule has 1 atom stereocenters. The summed E-state index contributed by atoms with van der Waals surface area (Å²) >= 11 is 5.87. The van der Waals surface area contributed by atoms with Gasteiger partial charge in [-0.15, -0.1) is 0 Å². The van der Waals surface area contributed by atoms with Crippen molar-refractivity contribution in [1.82, 2.24) is 4.90 Å². The summed E-state index contributed by atoms with van der Waals surface area (Å²) in [4.78, 5) is 14.0. The predicted molar refractivity (Wildman–Crippen MR) is 82.8 cm³/mol. The zero-order valence-corrected chi connectivity index (χ0v) is 12.6. The van der Waals surface area contributed by atoms with E-state index in [4.69, 9.17) is 17.3 Å². The quantitative estimate of drug-likeness (QED) is 0.874. The molecule has 0 saturated carbocycles. The molecule has 0 aromatic heterocycles. The first-order chi connectivity index (χ1) is 9.91. The molecule has 2 aromatic carbocycles. The number of benzene rings is 2. The Morgan fingerprint density at radius 1 is 1.29 bits per heavy atom. The van der Waals surface area contributed by atoms with Gasteiger partial charge in [-0.05, 0) is 36.8 Å². The third kappa shape index (κ3) is 3.16. The highest BCUT2D eigenvalue weighted by Gasteiger charge is 2.22. The maximum Gasteiger partial charge on any atom is 0.255 e. The third-order valence-electron chi connectivity index (χ3n) is 3.48. The van der Waals surface area contributed by atoms with Crippen LogP contribution in [0.2, 0.25) is 5.02 Å². The molecule has 2 rings (SSSR count). The molecule has 1 unspecified atom stereocenters. The van der Waals surface area contributed by atoms with Crippen LogP contribution in [-0.2, 0) is 0 Å². The lowest BCUT2D eigenvalue weighted by atomic mass is 10.1. The van der Waals surface area contributed by atoms with E-state index in [0.29, 0.717) is 5.69 Å². The Labute approximate surface area is 128 Å². The summed E-state index contributed by atoms with van der Waals surface area (Å²) in [6.07, 6.45) is 0. The number of carbonyl (C=O) groups is 1. The summed E-state index contributed by atoms with van der Waals surface area (Å²) in [5, 5.41) is -0.158. The molecule has 110 valence electrons. The summed E-state index contributed by atoms with van der Waals surface area (Å²) in [5.41, 5.74) is 7.43. The highest BCUT2D eigenvalue weighted by molar-refractivity contribution is 6.34. The molecular formula is C16H16ClFN2O. The smallest absolute Gasteiger partial charge is 0.255 e. The van der Waals surface area contributed by atoms with E-state index in [1.54, 1.807) is 13.1 Å². The van der Waals surface area contributed by atoms with Crippen LogP contribution in [0.1, 0.15) is 28.9 Å². The number of rotatable bonds is 3. The minimum atomic E-state index is -0.604. The Balaban J connectivity index is 2.29. The first-order valence-electron chi connectivity index (χ1n) is 6.48. The van der Waals surface area contributed by atoms with Gasteiger partial charge in [-0.1, -0.05) is 29.8 Å². The van der Waals surface area contributed by atoms with Gasteiger partial charge in [0.1, 0.15) is 5.82 Å². The fourth-order valence-corrected chi connectivity index (χ4v) is 2.28. The molecule has 2 N–H and O–H groups in total. The van der Waals surface area contributed by atoms with Crippen LogP contribution >= 0.6 is 11.6 Å². The van der Waals surface area contributed by atoms with E-state index in [1.165, 1.54) is 23.1 Å². The van der Waals surface area contributed by atoms with Gasteiger partial charge in [-0.25, -0.2) is 4.39 Å². The zero-order chi connectivity index (χ0) is 15.6. The molecule has 3 nitrogen and oxygen atoms in total. The Morgan fingerprint density at radius 2 is 1.95 bits per heavy atom. The first-order valence-corrected chi connectivity index (χ1v) is 6.86. The Bertz CT molecular complexity index is 675. The number of nitrogen functional groups attached to an aromatic ring is 1. The topological polar surface area (TPSA) is 46.3 Å². The Morgan fingerprint density at radius 3 is 2.62 bits per heavy atom. The molecule has 0 aliphatic rings. The average Bonchev–Trinajstić information content (AvgIpc) is 2.48. The van der Waals surface area contributed by atoms with E-state index < -0.39 is 5.82 Å².